The van der Waals surface area contributed by atoms with Crippen LogP contribution in [0.4, 0.5) is 14.5 Å². The van der Waals surface area contributed by atoms with E-state index in [2.05, 4.69) is 21.9 Å². The first-order valence-electron chi connectivity index (χ1n) is 11.6. The number of nitrogens with zero attached hydrogens (tertiary/aromatic N) is 3. The highest BCUT2D eigenvalue weighted by Gasteiger charge is 2.24. The van der Waals surface area contributed by atoms with Crippen LogP contribution in [-0.4, -0.2) is 15.7 Å². The number of alkyl halides is 2. The van der Waals surface area contributed by atoms with Crippen molar-refractivity contribution in [3.05, 3.63) is 114 Å². The zero-order valence-electron chi connectivity index (χ0n) is 20.6. The normalized spacial score (nSPS) is 11.9. The van der Waals surface area contributed by atoms with Crippen molar-refractivity contribution in [2.24, 2.45) is 10.1 Å². The number of pyridine rings is 2. The highest BCUT2D eigenvalue weighted by atomic mass is 32.2. The van der Waals surface area contributed by atoms with Gasteiger partial charge in [-0.15, -0.1) is 0 Å². The van der Waals surface area contributed by atoms with Gasteiger partial charge >= 0.3 is 0 Å². The quantitative estimate of drug-likeness (QED) is 0.183. The second kappa shape index (κ2) is 11.5. The van der Waals surface area contributed by atoms with Crippen molar-refractivity contribution in [1.82, 2.24) is 15.3 Å². The van der Waals surface area contributed by atoms with Crippen molar-refractivity contribution in [2.75, 3.05) is 0 Å². The van der Waals surface area contributed by atoms with Crippen LogP contribution in [0.2, 0.25) is 0 Å². The molecule has 4 rings (SSSR count). The Morgan fingerprint density at radius 1 is 1.08 bits per heavy atom. The Bertz CT molecular complexity index is 1410. The molecule has 0 fully saturated rings. The van der Waals surface area contributed by atoms with Gasteiger partial charge in [0.1, 0.15) is 0 Å². The van der Waals surface area contributed by atoms with Crippen molar-refractivity contribution >= 4 is 29.0 Å². The van der Waals surface area contributed by atoms with Gasteiger partial charge in [-0.2, -0.15) is 0 Å². The van der Waals surface area contributed by atoms with E-state index in [1.807, 2.05) is 49.4 Å². The number of nitrogens with two attached hydrogens (primary N) is 1. The number of hydrogen-bond donors (Lipinski definition) is 2. The minimum Gasteiger partial charge on any atom is -0.379 e. The predicted octanol–water partition coefficient (Wildman–Crippen LogP) is 7.12. The minimum atomic E-state index is -2.91. The first-order valence-corrected chi connectivity index (χ1v) is 12.5. The first-order chi connectivity index (χ1) is 17.8. The van der Waals surface area contributed by atoms with Crippen LogP contribution in [0.15, 0.2) is 102 Å². The average Bonchev–Trinajstić information content (AvgIpc) is 2.91. The molecule has 0 aliphatic heterocycles. The van der Waals surface area contributed by atoms with Crippen molar-refractivity contribution in [2.45, 2.75) is 31.2 Å². The number of aromatic nitrogens is 2. The summed E-state index contributed by atoms with van der Waals surface area (Å²) in [5, 5.41) is 9.06. The van der Waals surface area contributed by atoms with Crippen molar-refractivity contribution in [3.63, 3.8) is 0 Å². The first kappa shape index (κ1) is 26.2. The molecule has 0 amide bonds. The van der Waals surface area contributed by atoms with Crippen LogP contribution in [-0.2, 0) is 12.5 Å². The maximum absolute atomic E-state index is 13.8. The smallest absolute Gasteiger partial charge is 0.270 e. The summed E-state index contributed by atoms with van der Waals surface area (Å²) in [7, 11) is 0. The van der Waals surface area contributed by atoms with Gasteiger partial charge in [0.2, 0.25) is 0 Å². The number of rotatable bonds is 9. The molecular weight excluding hydrogens is 488 g/mol. The summed E-state index contributed by atoms with van der Waals surface area (Å²) in [4.78, 5) is 14.4. The second-order valence-corrected chi connectivity index (χ2v) is 9.25. The molecule has 0 spiro atoms. The Labute approximate surface area is 219 Å². The van der Waals surface area contributed by atoms with E-state index in [1.54, 1.807) is 30.7 Å². The molecule has 2 aromatic heterocycles. The van der Waals surface area contributed by atoms with Crippen LogP contribution in [0, 0.1) is 0 Å². The molecule has 5 nitrogen and oxygen atoms in total. The van der Waals surface area contributed by atoms with E-state index in [9.17, 15) is 8.78 Å². The lowest BCUT2D eigenvalue weighted by Gasteiger charge is -2.18. The highest BCUT2D eigenvalue weighted by Crippen LogP contribution is 2.37. The topological polar surface area (TPSA) is 76.2 Å². The second-order valence-electron chi connectivity index (χ2n) is 8.54. The fourth-order valence-corrected chi connectivity index (χ4v) is 4.16. The molecule has 0 saturated carbocycles. The Hall–Kier alpha value is -3.88. The van der Waals surface area contributed by atoms with Crippen LogP contribution in [0.1, 0.15) is 36.2 Å². The van der Waals surface area contributed by atoms with E-state index in [4.69, 9.17) is 10.1 Å². The largest absolute Gasteiger partial charge is 0.379 e. The van der Waals surface area contributed by atoms with Gasteiger partial charge < -0.3 is 5.32 Å². The highest BCUT2D eigenvalue weighted by molar-refractivity contribution is 7.97. The number of halogens is 2. The fraction of sp³-hybridized carbons (Fsp3) is 0.138. The summed E-state index contributed by atoms with van der Waals surface area (Å²) in [6.45, 7) is 7.55. The third-order valence-electron chi connectivity index (χ3n) is 5.81. The molecule has 0 bridgehead atoms. The Kier molecular flexibility index (Phi) is 8.11. The standard InChI is InChI=1S/C29H27F2N5S/c1-19(22-15-25(37-32)18-33-16-22)36-27-9-6-8-26(21-10-12-23(13-11-21)29(3,30)31)28(27)20(2)35-17-24-7-4-5-14-34-24/h4-16,18,35H,2,17,32H2,1,3H3. The van der Waals surface area contributed by atoms with Gasteiger partial charge in [-0.05, 0) is 54.3 Å². The summed E-state index contributed by atoms with van der Waals surface area (Å²) in [5.74, 6) is -2.91. The average molecular weight is 516 g/mol. The number of nitrogens with one attached hydrogen (secondary N) is 1. The van der Waals surface area contributed by atoms with Gasteiger partial charge in [-0.3, -0.25) is 20.1 Å². The van der Waals surface area contributed by atoms with Gasteiger partial charge in [0.25, 0.3) is 5.92 Å². The van der Waals surface area contributed by atoms with E-state index in [-0.39, 0.29) is 5.56 Å². The zero-order valence-corrected chi connectivity index (χ0v) is 21.4. The summed E-state index contributed by atoms with van der Waals surface area (Å²) in [6.07, 6.45) is 5.17. The summed E-state index contributed by atoms with van der Waals surface area (Å²) in [6, 6.07) is 19.7. The zero-order chi connectivity index (χ0) is 26.4. The number of aliphatic imine (C=N–C) groups is 1. The Morgan fingerprint density at radius 3 is 2.54 bits per heavy atom. The van der Waals surface area contributed by atoms with Crippen LogP contribution in [0.3, 0.4) is 0 Å². The van der Waals surface area contributed by atoms with E-state index in [0.29, 0.717) is 17.9 Å². The molecule has 2 aromatic carbocycles. The minimum absolute atomic E-state index is 0.0416. The van der Waals surface area contributed by atoms with Gasteiger partial charge in [-0.1, -0.05) is 49.0 Å². The van der Waals surface area contributed by atoms with Crippen molar-refractivity contribution in [1.29, 1.82) is 0 Å². The number of hydrogen-bond acceptors (Lipinski definition) is 6. The third kappa shape index (κ3) is 6.47. The van der Waals surface area contributed by atoms with E-state index in [1.165, 1.54) is 12.1 Å². The molecule has 0 aliphatic rings. The monoisotopic (exact) mass is 515 g/mol. The molecule has 0 unspecified atom stereocenters. The maximum Gasteiger partial charge on any atom is 0.270 e. The van der Waals surface area contributed by atoms with Crippen molar-refractivity contribution in [3.8, 4) is 11.1 Å². The molecule has 0 radical (unpaired) electrons. The lowest BCUT2D eigenvalue weighted by molar-refractivity contribution is 0.0175. The van der Waals surface area contributed by atoms with Crippen LogP contribution >= 0.6 is 11.9 Å². The van der Waals surface area contributed by atoms with Crippen LogP contribution in [0.5, 0.6) is 0 Å². The van der Waals surface area contributed by atoms with E-state index in [0.717, 1.165) is 57.4 Å². The molecule has 0 saturated heterocycles. The van der Waals surface area contributed by atoms with Gasteiger partial charge in [-0.25, -0.2) is 8.78 Å². The molecule has 188 valence electrons. The molecule has 0 aliphatic carbocycles. The molecule has 4 aromatic rings. The van der Waals surface area contributed by atoms with Gasteiger partial charge in [0, 0.05) is 58.5 Å². The van der Waals surface area contributed by atoms with Crippen molar-refractivity contribution < 1.29 is 8.78 Å². The Morgan fingerprint density at radius 2 is 1.86 bits per heavy atom. The molecule has 0 atom stereocenters. The molecule has 2 heterocycles. The third-order valence-corrected chi connectivity index (χ3v) is 6.31. The van der Waals surface area contributed by atoms with Gasteiger partial charge in [0.15, 0.2) is 0 Å². The Balaban J connectivity index is 1.77. The van der Waals surface area contributed by atoms with E-state index < -0.39 is 5.92 Å². The molecule has 8 heteroatoms. The number of benzene rings is 2. The summed E-state index contributed by atoms with van der Waals surface area (Å²) in [5.41, 5.74) is 6.11. The van der Waals surface area contributed by atoms with Gasteiger partial charge in [0.05, 0.1) is 17.9 Å². The molecule has 37 heavy (non-hydrogen) atoms. The predicted molar refractivity (Wildman–Crippen MR) is 148 cm³/mol. The van der Waals surface area contributed by atoms with Crippen LogP contribution < -0.4 is 10.5 Å². The molecule has 3 N–H and O–H groups in total. The SMILES string of the molecule is C=C(NCc1ccccn1)c1c(N=C(C)c2cncc(SN)c2)cccc1-c1ccc(C(C)(F)F)cc1. The lowest BCUT2D eigenvalue weighted by atomic mass is 9.94. The maximum atomic E-state index is 13.8. The summed E-state index contributed by atoms with van der Waals surface area (Å²) >= 11 is 1.12. The van der Waals surface area contributed by atoms with Crippen LogP contribution in [0.25, 0.3) is 16.8 Å². The van der Waals surface area contributed by atoms with E-state index >= 15 is 0 Å². The molecular formula is C29H27F2N5S. The summed E-state index contributed by atoms with van der Waals surface area (Å²) < 4.78 is 27.6. The lowest BCUT2D eigenvalue weighted by Crippen LogP contribution is -2.13. The fourth-order valence-electron chi connectivity index (χ4n) is 3.85.